The number of amides is 3. The second kappa shape index (κ2) is 11.2. The van der Waals surface area contributed by atoms with Crippen molar-refractivity contribution in [1.82, 2.24) is 15.6 Å². The first-order valence-electron chi connectivity index (χ1n) is 11.5. The van der Waals surface area contributed by atoms with Crippen LogP contribution in [0.25, 0.3) is 0 Å². The first-order valence-corrected chi connectivity index (χ1v) is 13.4. The number of aromatic nitrogens is 1. The molecule has 3 atom stereocenters. The minimum atomic E-state index is -3.64. The maximum absolute atomic E-state index is 14.4. The van der Waals surface area contributed by atoms with Gasteiger partial charge in [-0.1, -0.05) is 19.9 Å². The van der Waals surface area contributed by atoms with Gasteiger partial charge in [0.1, 0.15) is 17.7 Å². The van der Waals surface area contributed by atoms with Crippen LogP contribution in [-0.4, -0.2) is 62.9 Å². The maximum Gasteiger partial charge on any atom is 0.413 e. The van der Waals surface area contributed by atoms with E-state index >= 15 is 0 Å². The standard InChI is InChI=1S/C24H30FN5O6S/c1-13(2)20(29-22(31)14(3)26-4)23(32)30-19(11-15-7-6-10-27-21(15)30)36-24(33)28-18-9-8-16(12-17(18)25)37(5,34)35/h6-10,12-14,19-20,26H,11H2,1-5H3,(H,28,33)(H,29,31)/t14-,19-,20-/m0/s1. The molecule has 3 rings (SSSR count). The van der Waals surface area contributed by atoms with Gasteiger partial charge in [-0.15, -0.1) is 0 Å². The molecule has 3 N–H and O–H groups in total. The Morgan fingerprint density at radius 3 is 2.49 bits per heavy atom. The van der Waals surface area contributed by atoms with Gasteiger partial charge in [0.25, 0.3) is 5.91 Å². The Morgan fingerprint density at radius 2 is 1.89 bits per heavy atom. The summed E-state index contributed by atoms with van der Waals surface area (Å²) in [6.45, 7) is 5.20. The molecule has 2 aromatic rings. The third-order valence-electron chi connectivity index (χ3n) is 5.92. The Bertz CT molecular complexity index is 1300. The average Bonchev–Trinajstić information content (AvgIpc) is 3.19. The summed E-state index contributed by atoms with van der Waals surface area (Å²) in [6.07, 6.45) is 0.383. The Labute approximate surface area is 214 Å². The molecular weight excluding hydrogens is 505 g/mol. The zero-order valence-electron chi connectivity index (χ0n) is 21.1. The van der Waals surface area contributed by atoms with E-state index in [9.17, 15) is 27.2 Å². The lowest BCUT2D eigenvalue weighted by Gasteiger charge is -2.31. The fourth-order valence-corrected chi connectivity index (χ4v) is 4.36. The van der Waals surface area contributed by atoms with Crippen molar-refractivity contribution in [3.63, 3.8) is 0 Å². The number of hydrogen-bond acceptors (Lipinski definition) is 8. The minimum absolute atomic E-state index is 0.128. The lowest BCUT2D eigenvalue weighted by atomic mass is 10.0. The number of rotatable bonds is 8. The highest BCUT2D eigenvalue weighted by atomic mass is 32.2. The van der Waals surface area contributed by atoms with E-state index in [0.717, 1.165) is 24.5 Å². The van der Waals surface area contributed by atoms with Crippen molar-refractivity contribution in [1.29, 1.82) is 0 Å². The molecule has 0 radical (unpaired) electrons. The molecule has 1 aliphatic heterocycles. The van der Waals surface area contributed by atoms with E-state index in [4.69, 9.17) is 4.74 Å². The van der Waals surface area contributed by atoms with E-state index in [1.807, 2.05) is 0 Å². The van der Waals surface area contributed by atoms with Crippen LogP contribution in [-0.2, 0) is 30.6 Å². The molecule has 0 saturated heterocycles. The summed E-state index contributed by atoms with van der Waals surface area (Å²) >= 11 is 0. The van der Waals surface area contributed by atoms with E-state index < -0.39 is 46.0 Å². The van der Waals surface area contributed by atoms with Crippen LogP contribution in [0.4, 0.5) is 20.7 Å². The summed E-state index contributed by atoms with van der Waals surface area (Å²) in [5.74, 6) is -1.88. The number of fused-ring (bicyclic) bond motifs is 1. The zero-order valence-corrected chi connectivity index (χ0v) is 21.9. The number of sulfone groups is 1. The number of pyridine rings is 1. The van der Waals surface area contributed by atoms with Crippen molar-refractivity contribution in [3.8, 4) is 0 Å². The second-order valence-corrected chi connectivity index (χ2v) is 11.1. The summed E-state index contributed by atoms with van der Waals surface area (Å²) < 4.78 is 43.2. The van der Waals surface area contributed by atoms with Crippen LogP contribution < -0.4 is 20.9 Å². The highest BCUT2D eigenvalue weighted by Crippen LogP contribution is 2.32. The molecule has 2 heterocycles. The highest BCUT2D eigenvalue weighted by molar-refractivity contribution is 7.90. The highest BCUT2D eigenvalue weighted by Gasteiger charge is 2.42. The van der Waals surface area contributed by atoms with Crippen molar-refractivity contribution in [3.05, 3.63) is 47.9 Å². The number of hydrogen-bond donors (Lipinski definition) is 3. The summed E-state index contributed by atoms with van der Waals surface area (Å²) in [5.41, 5.74) is 0.354. The summed E-state index contributed by atoms with van der Waals surface area (Å²) in [5, 5.41) is 7.80. The molecule has 0 bridgehead atoms. The number of halogens is 1. The first-order chi connectivity index (χ1) is 17.3. The molecule has 0 saturated carbocycles. The Hall–Kier alpha value is -3.58. The molecule has 3 amide bonds. The van der Waals surface area contributed by atoms with Gasteiger partial charge in [0.05, 0.1) is 16.6 Å². The lowest BCUT2D eigenvalue weighted by Crippen LogP contribution is -2.56. The van der Waals surface area contributed by atoms with Crippen molar-refractivity contribution in [2.24, 2.45) is 5.92 Å². The number of nitrogens with zero attached hydrogens (tertiary/aromatic N) is 2. The van der Waals surface area contributed by atoms with Crippen LogP contribution >= 0.6 is 0 Å². The third kappa shape index (κ3) is 6.41. The molecule has 1 aromatic heterocycles. The largest absolute Gasteiger partial charge is 0.424 e. The second-order valence-electron chi connectivity index (χ2n) is 9.04. The summed E-state index contributed by atoms with van der Waals surface area (Å²) in [6, 6.07) is 4.98. The topological polar surface area (TPSA) is 147 Å². The van der Waals surface area contributed by atoms with Crippen molar-refractivity contribution in [2.75, 3.05) is 23.5 Å². The van der Waals surface area contributed by atoms with E-state index in [1.165, 1.54) is 11.1 Å². The average molecular weight is 536 g/mol. The van der Waals surface area contributed by atoms with Gasteiger partial charge in [0.15, 0.2) is 16.1 Å². The summed E-state index contributed by atoms with van der Waals surface area (Å²) in [7, 11) is -2.01. The molecule has 200 valence electrons. The Balaban J connectivity index is 1.83. The van der Waals surface area contributed by atoms with Crippen LogP contribution in [0.2, 0.25) is 0 Å². The monoisotopic (exact) mass is 535 g/mol. The van der Waals surface area contributed by atoms with Gasteiger partial charge in [-0.05, 0) is 44.2 Å². The minimum Gasteiger partial charge on any atom is -0.424 e. The normalized spacial score (nSPS) is 16.6. The predicted molar refractivity (Wildman–Crippen MR) is 134 cm³/mol. The van der Waals surface area contributed by atoms with E-state index in [2.05, 4.69) is 20.9 Å². The van der Waals surface area contributed by atoms with Crippen LogP contribution in [0.5, 0.6) is 0 Å². The first kappa shape index (κ1) is 28.0. The number of carbonyl (C=O) groups is 3. The maximum atomic E-state index is 14.4. The molecule has 11 nitrogen and oxygen atoms in total. The van der Waals surface area contributed by atoms with E-state index in [-0.39, 0.29) is 34.6 Å². The van der Waals surface area contributed by atoms with Crippen LogP contribution in [0.1, 0.15) is 26.3 Å². The number of carbonyl (C=O) groups excluding carboxylic acids is 3. The van der Waals surface area contributed by atoms with E-state index in [0.29, 0.717) is 5.56 Å². The van der Waals surface area contributed by atoms with Crippen molar-refractivity contribution in [2.45, 2.75) is 50.4 Å². The van der Waals surface area contributed by atoms with E-state index in [1.54, 1.807) is 40.0 Å². The molecule has 37 heavy (non-hydrogen) atoms. The van der Waals surface area contributed by atoms with Crippen LogP contribution in [0.15, 0.2) is 41.4 Å². The lowest BCUT2D eigenvalue weighted by molar-refractivity contribution is -0.130. The zero-order chi connectivity index (χ0) is 27.5. The molecule has 1 aromatic carbocycles. The third-order valence-corrected chi connectivity index (χ3v) is 7.03. The quantitative estimate of drug-likeness (QED) is 0.464. The van der Waals surface area contributed by atoms with Gasteiger partial charge >= 0.3 is 6.09 Å². The predicted octanol–water partition coefficient (Wildman–Crippen LogP) is 1.84. The Morgan fingerprint density at radius 1 is 1.19 bits per heavy atom. The van der Waals surface area contributed by atoms with Gasteiger partial charge in [0.2, 0.25) is 5.91 Å². The van der Waals surface area contributed by atoms with Crippen LogP contribution in [0, 0.1) is 11.7 Å². The van der Waals surface area contributed by atoms with Crippen LogP contribution in [0.3, 0.4) is 0 Å². The molecule has 1 aliphatic rings. The number of likely N-dealkylation sites (N-methyl/N-ethyl adjacent to an activating group) is 1. The fraction of sp³-hybridized carbons (Fsp3) is 0.417. The van der Waals surface area contributed by atoms with Gasteiger partial charge in [-0.25, -0.2) is 22.6 Å². The van der Waals surface area contributed by atoms with Crippen molar-refractivity contribution < 1.29 is 31.9 Å². The number of anilines is 2. The van der Waals surface area contributed by atoms with Gasteiger partial charge < -0.3 is 15.4 Å². The van der Waals surface area contributed by atoms with Crippen molar-refractivity contribution >= 4 is 39.3 Å². The fourth-order valence-electron chi connectivity index (χ4n) is 3.73. The molecule has 13 heteroatoms. The van der Waals surface area contributed by atoms with Gasteiger partial charge in [-0.2, -0.15) is 0 Å². The number of benzene rings is 1. The number of nitrogens with one attached hydrogen (secondary N) is 3. The molecule has 0 aliphatic carbocycles. The molecule has 0 unspecified atom stereocenters. The number of ether oxygens (including phenoxy) is 1. The molecule has 0 spiro atoms. The van der Waals surface area contributed by atoms with Gasteiger partial charge in [-0.3, -0.25) is 19.8 Å². The SMILES string of the molecule is CN[C@@H](C)C(=O)N[C@H](C(=O)N1c2ncccc2C[C@@H]1OC(=O)Nc1ccc(S(C)(=O)=O)cc1F)C(C)C. The Kier molecular flexibility index (Phi) is 8.49. The molecular formula is C24H30FN5O6S. The summed E-state index contributed by atoms with van der Waals surface area (Å²) in [4.78, 5) is 44.1. The smallest absolute Gasteiger partial charge is 0.413 e. The molecule has 0 fully saturated rings. The van der Waals surface area contributed by atoms with Gasteiger partial charge in [0, 0.05) is 24.4 Å².